The second-order valence-electron chi connectivity index (χ2n) is 5.21. The number of rotatable bonds is 2. The van der Waals surface area contributed by atoms with E-state index < -0.39 is 0 Å². The molecule has 0 aliphatic rings. The fourth-order valence-corrected chi connectivity index (χ4v) is 3.57. The van der Waals surface area contributed by atoms with Gasteiger partial charge in [0.1, 0.15) is 5.69 Å². The topological polar surface area (TPSA) is 45.8 Å². The predicted octanol–water partition coefficient (Wildman–Crippen LogP) is 5.47. The first kappa shape index (κ1) is 14.6. The first-order valence-corrected chi connectivity index (χ1v) is 8.59. The fraction of sp³-hybridized carbons (Fsp3) is 0. The quantitative estimate of drug-likeness (QED) is 0.429. The molecule has 2 aromatic heterocycles. The van der Waals surface area contributed by atoms with Gasteiger partial charge < -0.3 is 4.98 Å². The lowest BCUT2D eigenvalue weighted by atomic mass is 10.1. The lowest BCUT2D eigenvalue weighted by Crippen LogP contribution is -2.05. The lowest BCUT2D eigenvalue weighted by Gasteiger charge is -2.04. The smallest absolute Gasteiger partial charge is 0.214 e. The monoisotopic (exact) mass is 428 g/mol. The third kappa shape index (κ3) is 2.40. The van der Waals surface area contributed by atoms with Crippen LogP contribution < -0.4 is 0 Å². The molecule has 0 saturated carbocycles. The van der Waals surface area contributed by atoms with Gasteiger partial charge >= 0.3 is 0 Å². The average Bonchev–Trinajstić information content (AvgIpc) is 2.92. The van der Waals surface area contributed by atoms with Gasteiger partial charge in [0.05, 0.1) is 5.52 Å². The van der Waals surface area contributed by atoms with E-state index in [2.05, 4.69) is 41.8 Å². The van der Waals surface area contributed by atoms with Crippen molar-refractivity contribution in [3.05, 3.63) is 74.9 Å². The Kier molecular flexibility index (Phi) is 3.54. The van der Waals surface area contributed by atoms with Crippen molar-refractivity contribution in [3.8, 4) is 0 Å². The Morgan fingerprint density at radius 2 is 1.83 bits per heavy atom. The van der Waals surface area contributed by atoms with Gasteiger partial charge in [0.2, 0.25) is 5.78 Å². The van der Waals surface area contributed by atoms with Crippen LogP contribution >= 0.6 is 31.9 Å². The third-order valence-corrected chi connectivity index (χ3v) is 5.00. The molecule has 3 nitrogen and oxygen atoms in total. The number of nitrogens with one attached hydrogen (secondary N) is 1. The number of hydrogen-bond acceptors (Lipinski definition) is 2. The number of fused-ring (bicyclic) bond motifs is 3. The van der Waals surface area contributed by atoms with Crippen LogP contribution in [0.25, 0.3) is 21.8 Å². The van der Waals surface area contributed by atoms with Gasteiger partial charge in [0.25, 0.3) is 0 Å². The van der Waals surface area contributed by atoms with Gasteiger partial charge in [0.15, 0.2) is 0 Å². The van der Waals surface area contributed by atoms with Crippen LogP contribution in [-0.2, 0) is 0 Å². The van der Waals surface area contributed by atoms with E-state index in [0.717, 1.165) is 30.8 Å². The van der Waals surface area contributed by atoms with Gasteiger partial charge in [-0.25, -0.2) is 0 Å². The van der Waals surface area contributed by atoms with E-state index in [0.29, 0.717) is 11.3 Å². The number of carbonyl (C=O) groups is 1. The van der Waals surface area contributed by atoms with Gasteiger partial charge in [-0.1, -0.05) is 44.0 Å². The molecule has 4 rings (SSSR count). The van der Waals surface area contributed by atoms with Crippen LogP contribution in [-0.4, -0.2) is 15.8 Å². The van der Waals surface area contributed by atoms with Crippen molar-refractivity contribution < 1.29 is 4.79 Å². The minimum atomic E-state index is -0.103. The molecule has 0 bridgehead atoms. The zero-order valence-corrected chi connectivity index (χ0v) is 15.0. The van der Waals surface area contributed by atoms with E-state index in [1.807, 2.05) is 42.5 Å². The zero-order chi connectivity index (χ0) is 16.0. The maximum atomic E-state index is 12.9. The van der Waals surface area contributed by atoms with Crippen molar-refractivity contribution in [2.24, 2.45) is 0 Å². The van der Waals surface area contributed by atoms with Crippen LogP contribution in [0.5, 0.6) is 0 Å². The van der Waals surface area contributed by atoms with E-state index >= 15 is 0 Å². The summed E-state index contributed by atoms with van der Waals surface area (Å²) in [6, 6.07) is 15.3. The average molecular weight is 430 g/mol. The molecule has 0 amide bonds. The van der Waals surface area contributed by atoms with E-state index in [-0.39, 0.29) is 5.78 Å². The summed E-state index contributed by atoms with van der Waals surface area (Å²) in [4.78, 5) is 20.6. The van der Waals surface area contributed by atoms with Crippen LogP contribution in [0.2, 0.25) is 0 Å². The standard InChI is InChI=1S/C18H10Br2N2O/c19-10-5-6-15-13(9-10)11-7-8-21-17(16(11)22-15)18(23)12-3-1-2-4-14(12)20/h1-9,22H. The number of benzene rings is 2. The third-order valence-electron chi connectivity index (χ3n) is 3.82. The predicted molar refractivity (Wildman–Crippen MR) is 98.9 cm³/mol. The van der Waals surface area contributed by atoms with Crippen molar-refractivity contribution >= 4 is 59.4 Å². The number of pyridine rings is 1. The van der Waals surface area contributed by atoms with Gasteiger partial charge in [-0.2, -0.15) is 0 Å². The Bertz CT molecular complexity index is 1070. The highest BCUT2D eigenvalue weighted by atomic mass is 79.9. The normalized spacial score (nSPS) is 11.2. The van der Waals surface area contributed by atoms with Crippen molar-refractivity contribution in [3.63, 3.8) is 0 Å². The number of ketones is 1. The second kappa shape index (κ2) is 5.58. The second-order valence-corrected chi connectivity index (χ2v) is 6.98. The van der Waals surface area contributed by atoms with E-state index in [4.69, 9.17) is 0 Å². The Morgan fingerprint density at radius 3 is 2.65 bits per heavy atom. The number of nitrogens with zero attached hydrogens (tertiary/aromatic N) is 1. The van der Waals surface area contributed by atoms with Gasteiger partial charge in [-0.05, 0) is 36.4 Å². The number of halogens is 2. The minimum absolute atomic E-state index is 0.103. The highest BCUT2D eigenvalue weighted by Crippen LogP contribution is 2.30. The Balaban J connectivity index is 1.99. The summed E-state index contributed by atoms with van der Waals surface area (Å²) in [6.07, 6.45) is 1.68. The highest BCUT2D eigenvalue weighted by molar-refractivity contribution is 9.10. The summed E-state index contributed by atoms with van der Waals surface area (Å²) >= 11 is 6.93. The summed E-state index contributed by atoms with van der Waals surface area (Å²) in [5.74, 6) is -0.103. The number of aromatic nitrogens is 2. The van der Waals surface area contributed by atoms with Gasteiger partial charge in [-0.3, -0.25) is 9.78 Å². The molecule has 0 atom stereocenters. The van der Waals surface area contributed by atoms with Crippen molar-refractivity contribution in [2.75, 3.05) is 0 Å². The Labute approximate surface area is 149 Å². The van der Waals surface area contributed by atoms with Crippen LogP contribution in [0.1, 0.15) is 16.1 Å². The number of aromatic amines is 1. The van der Waals surface area contributed by atoms with E-state index in [9.17, 15) is 4.79 Å². The Morgan fingerprint density at radius 1 is 1.00 bits per heavy atom. The summed E-state index contributed by atoms with van der Waals surface area (Å²) in [5, 5.41) is 2.06. The molecule has 4 aromatic rings. The largest absolute Gasteiger partial charge is 0.353 e. The molecule has 0 spiro atoms. The lowest BCUT2D eigenvalue weighted by molar-refractivity contribution is 0.103. The minimum Gasteiger partial charge on any atom is -0.353 e. The van der Waals surface area contributed by atoms with Crippen LogP contribution in [0.4, 0.5) is 0 Å². The molecule has 1 N–H and O–H groups in total. The maximum Gasteiger partial charge on any atom is 0.214 e. The van der Waals surface area contributed by atoms with E-state index in [1.54, 1.807) is 12.3 Å². The summed E-state index contributed by atoms with van der Waals surface area (Å²) in [6.45, 7) is 0. The molecule has 5 heteroatoms. The Hall–Kier alpha value is -1.98. The molecule has 0 aliphatic carbocycles. The first-order valence-electron chi connectivity index (χ1n) is 7.00. The molecular weight excluding hydrogens is 420 g/mol. The van der Waals surface area contributed by atoms with Gasteiger partial charge in [-0.15, -0.1) is 0 Å². The molecule has 2 heterocycles. The van der Waals surface area contributed by atoms with Crippen molar-refractivity contribution in [1.82, 2.24) is 9.97 Å². The first-order chi connectivity index (χ1) is 11.1. The zero-order valence-electron chi connectivity index (χ0n) is 11.8. The summed E-state index contributed by atoms with van der Waals surface area (Å²) < 4.78 is 1.77. The molecule has 0 radical (unpaired) electrons. The molecule has 0 fully saturated rings. The van der Waals surface area contributed by atoms with Gasteiger partial charge in [0, 0.05) is 37.0 Å². The molecule has 0 unspecified atom stereocenters. The molecule has 2 aromatic carbocycles. The van der Waals surface area contributed by atoms with Crippen molar-refractivity contribution in [2.45, 2.75) is 0 Å². The SMILES string of the molecule is O=C(c1ccccc1Br)c1nccc2c1[nH]c1ccc(Br)cc12. The van der Waals surface area contributed by atoms with Crippen LogP contribution in [0.15, 0.2) is 63.7 Å². The summed E-state index contributed by atoms with van der Waals surface area (Å²) in [7, 11) is 0. The molecule has 0 aliphatic heterocycles. The van der Waals surface area contributed by atoms with Crippen LogP contribution in [0.3, 0.4) is 0 Å². The molecule has 23 heavy (non-hydrogen) atoms. The molecule has 0 saturated heterocycles. The maximum absolute atomic E-state index is 12.9. The molecular formula is C18H10Br2N2O. The molecule has 112 valence electrons. The number of hydrogen-bond donors (Lipinski definition) is 1. The highest BCUT2D eigenvalue weighted by Gasteiger charge is 2.18. The van der Waals surface area contributed by atoms with Crippen molar-refractivity contribution in [1.29, 1.82) is 0 Å². The number of H-pyrrole nitrogens is 1. The van der Waals surface area contributed by atoms with E-state index in [1.165, 1.54) is 0 Å². The summed E-state index contributed by atoms with van der Waals surface area (Å²) in [5.41, 5.74) is 2.78. The fourth-order valence-electron chi connectivity index (χ4n) is 2.74. The van der Waals surface area contributed by atoms with Crippen LogP contribution in [0, 0.1) is 0 Å². The number of carbonyl (C=O) groups excluding carboxylic acids is 1.